The molecule has 0 saturated heterocycles. The van der Waals surface area contributed by atoms with Gasteiger partial charge in [-0.05, 0) is 12.2 Å². The van der Waals surface area contributed by atoms with E-state index in [9.17, 15) is 9.59 Å². The van der Waals surface area contributed by atoms with Crippen LogP contribution in [0.5, 0.6) is 6.01 Å². The van der Waals surface area contributed by atoms with E-state index in [-0.39, 0.29) is 11.1 Å². The standard InChI is InChI=1S/C6H5N3O3S2/c1-14-6(7-3-11)8-5(9-14)12-4(13)2-10/h2-3H,1H3/p+1. The molecule has 0 aromatic carbocycles. The van der Waals surface area contributed by atoms with E-state index in [0.29, 0.717) is 17.8 Å². The highest BCUT2D eigenvalue weighted by atomic mass is 32.2. The van der Waals surface area contributed by atoms with Crippen molar-refractivity contribution >= 4 is 45.8 Å². The summed E-state index contributed by atoms with van der Waals surface area (Å²) in [5.41, 5.74) is 0. The van der Waals surface area contributed by atoms with E-state index in [1.165, 1.54) is 0 Å². The summed E-state index contributed by atoms with van der Waals surface area (Å²) in [6.07, 6.45) is 2.63. The van der Waals surface area contributed by atoms with Crippen LogP contribution in [0, 0.1) is 0 Å². The van der Waals surface area contributed by atoms with Crippen LogP contribution in [0.2, 0.25) is 0 Å². The summed E-state index contributed by atoms with van der Waals surface area (Å²) < 4.78 is 8.71. The molecule has 0 aliphatic heterocycles. The second-order valence-electron chi connectivity index (χ2n) is 2.07. The minimum atomic E-state index is -0.564. The molecule has 6 nitrogen and oxygen atoms in total. The summed E-state index contributed by atoms with van der Waals surface area (Å²) in [6.45, 7) is 0. The number of rotatable bonds is 4. The molecule has 1 aromatic heterocycles. The second-order valence-corrected chi connectivity index (χ2v) is 4.00. The second kappa shape index (κ2) is 4.72. The maximum Gasteiger partial charge on any atom is 0.379 e. The summed E-state index contributed by atoms with van der Waals surface area (Å²) in [6, 6.07) is -0.00252. The molecule has 1 aromatic rings. The number of hydrogen-bond acceptors (Lipinski definition) is 6. The Bertz CT molecular complexity index is 376. The highest BCUT2D eigenvalue weighted by molar-refractivity contribution is 7.81. The van der Waals surface area contributed by atoms with Gasteiger partial charge in [0.1, 0.15) is 16.9 Å². The molecular weight excluding hydrogens is 226 g/mol. The molecule has 0 spiro atoms. The van der Waals surface area contributed by atoms with Crippen molar-refractivity contribution in [1.29, 1.82) is 0 Å². The summed E-state index contributed by atoms with van der Waals surface area (Å²) in [5, 5.41) is 2.52. The predicted octanol–water partition coefficient (Wildman–Crippen LogP) is 0.236. The largest absolute Gasteiger partial charge is 0.406 e. The molecule has 0 bridgehead atoms. The number of nitrogens with one attached hydrogen (secondary N) is 1. The molecular formula is C6H6N3O3S2+. The van der Waals surface area contributed by atoms with Crippen LogP contribution in [-0.2, 0) is 15.8 Å². The lowest BCUT2D eigenvalue weighted by Crippen LogP contribution is -2.06. The van der Waals surface area contributed by atoms with Crippen molar-refractivity contribution in [3.63, 3.8) is 0 Å². The van der Waals surface area contributed by atoms with Crippen LogP contribution in [0.4, 0.5) is 5.13 Å². The number of hydrogen-bond donors (Lipinski definition) is 1. The Morgan fingerprint density at radius 1 is 1.64 bits per heavy atom. The van der Waals surface area contributed by atoms with Crippen LogP contribution in [0.3, 0.4) is 0 Å². The minimum absolute atomic E-state index is 0.00252. The van der Waals surface area contributed by atoms with Crippen molar-refractivity contribution in [2.75, 3.05) is 5.32 Å². The molecule has 14 heavy (non-hydrogen) atoms. The minimum Gasteiger partial charge on any atom is -0.406 e. The van der Waals surface area contributed by atoms with E-state index in [1.54, 1.807) is 6.26 Å². The Balaban J connectivity index is 2.79. The zero-order valence-electron chi connectivity index (χ0n) is 7.09. The fraction of sp³-hybridized carbons (Fsp3) is 0.167. The van der Waals surface area contributed by atoms with Crippen LogP contribution in [0.15, 0.2) is 0 Å². The van der Waals surface area contributed by atoms with Crippen molar-refractivity contribution in [3.05, 3.63) is 0 Å². The van der Waals surface area contributed by atoms with E-state index in [4.69, 9.17) is 4.74 Å². The molecule has 1 atom stereocenters. The van der Waals surface area contributed by atoms with Crippen LogP contribution >= 0.6 is 22.9 Å². The molecule has 0 saturated carbocycles. The van der Waals surface area contributed by atoms with Crippen molar-refractivity contribution in [3.8, 4) is 6.01 Å². The topological polar surface area (TPSA) is 81.2 Å². The number of anilines is 1. The molecule has 1 amide bonds. The average molecular weight is 232 g/mol. The molecule has 0 aliphatic carbocycles. The van der Waals surface area contributed by atoms with Crippen LogP contribution in [0.25, 0.3) is 0 Å². The van der Waals surface area contributed by atoms with E-state index in [1.807, 2.05) is 0 Å². The quantitative estimate of drug-likeness (QED) is 0.455. The smallest absolute Gasteiger partial charge is 0.379 e. The Morgan fingerprint density at radius 3 is 2.93 bits per heavy atom. The molecule has 1 N–H and O–H groups in total. The Morgan fingerprint density at radius 2 is 2.36 bits per heavy atom. The van der Waals surface area contributed by atoms with Gasteiger partial charge in [0.2, 0.25) is 11.5 Å². The van der Waals surface area contributed by atoms with Gasteiger partial charge in [-0.2, -0.15) is 0 Å². The average Bonchev–Trinajstić information content (AvgIpc) is 2.47. The number of ether oxygens (including phenoxy) is 1. The lowest BCUT2D eigenvalue weighted by molar-refractivity contribution is -0.105. The SMILES string of the molecule is C[s+]1nc(OC(=S)C=O)nc1NC=O. The Hall–Kier alpha value is -1.41. The summed E-state index contributed by atoms with van der Waals surface area (Å²) in [7, 11) is -0.564. The fourth-order valence-corrected chi connectivity index (χ4v) is 1.56. The number of carbonyl (C=O) groups is 2. The lowest BCUT2D eigenvalue weighted by Gasteiger charge is -1.89. The molecule has 0 fully saturated rings. The monoisotopic (exact) mass is 232 g/mol. The summed E-state index contributed by atoms with van der Waals surface area (Å²) in [4.78, 5) is 24.1. The van der Waals surface area contributed by atoms with Gasteiger partial charge in [-0.15, -0.1) is 4.98 Å². The van der Waals surface area contributed by atoms with Gasteiger partial charge in [0, 0.05) is 4.37 Å². The van der Waals surface area contributed by atoms with Crippen molar-refractivity contribution in [2.45, 2.75) is 0 Å². The van der Waals surface area contributed by atoms with Gasteiger partial charge in [0.05, 0.1) is 0 Å². The zero-order chi connectivity index (χ0) is 10.6. The maximum absolute atomic E-state index is 10.1. The first kappa shape index (κ1) is 10.7. The number of aldehydes is 1. The van der Waals surface area contributed by atoms with Gasteiger partial charge in [0.15, 0.2) is 6.29 Å². The number of amides is 1. The van der Waals surface area contributed by atoms with Gasteiger partial charge in [-0.25, -0.2) is 0 Å². The highest BCUT2D eigenvalue weighted by Crippen LogP contribution is 2.25. The van der Waals surface area contributed by atoms with Gasteiger partial charge in [-0.1, -0.05) is 0 Å². The Labute approximate surface area is 87.4 Å². The summed E-state index contributed by atoms with van der Waals surface area (Å²) >= 11 is 4.51. The fourth-order valence-electron chi connectivity index (χ4n) is 0.657. The molecule has 74 valence electrons. The van der Waals surface area contributed by atoms with E-state index in [2.05, 4.69) is 26.9 Å². The third-order valence-corrected chi connectivity index (χ3v) is 2.54. The maximum atomic E-state index is 10.1. The van der Waals surface area contributed by atoms with Gasteiger partial charge in [-0.3, -0.25) is 14.9 Å². The number of carbonyl (C=O) groups excluding carboxylic acids is 2. The van der Waals surface area contributed by atoms with Crippen molar-refractivity contribution < 1.29 is 14.3 Å². The van der Waals surface area contributed by atoms with Crippen LogP contribution in [-0.4, -0.2) is 27.1 Å². The van der Waals surface area contributed by atoms with E-state index in [0.717, 1.165) is 0 Å². The number of aromatic nitrogens is 2. The molecule has 1 heterocycles. The van der Waals surface area contributed by atoms with Crippen molar-refractivity contribution in [1.82, 2.24) is 9.36 Å². The van der Waals surface area contributed by atoms with Gasteiger partial charge >= 0.3 is 11.1 Å². The van der Waals surface area contributed by atoms with E-state index < -0.39 is 10.7 Å². The highest BCUT2D eigenvalue weighted by Gasteiger charge is 2.19. The van der Waals surface area contributed by atoms with E-state index >= 15 is 0 Å². The van der Waals surface area contributed by atoms with Gasteiger partial charge in [0.25, 0.3) is 0 Å². The number of thiocarbonyl (C=S) groups is 1. The molecule has 1 unspecified atom stereocenters. The molecule has 8 heteroatoms. The third kappa shape index (κ3) is 2.54. The first-order chi connectivity index (χ1) is 6.67. The van der Waals surface area contributed by atoms with Crippen molar-refractivity contribution in [2.24, 2.45) is 6.26 Å². The normalized spacial score (nSPS) is 10.5. The molecule has 1 rings (SSSR count). The number of nitrogens with zero attached hydrogens (tertiary/aromatic N) is 2. The Kier molecular flexibility index (Phi) is 3.60. The molecule has 0 aliphatic rings. The first-order valence-electron chi connectivity index (χ1n) is 3.38. The van der Waals surface area contributed by atoms with Crippen LogP contribution < -0.4 is 10.1 Å². The molecule has 0 radical (unpaired) electrons. The number of aryl methyl sites for hydroxylation is 1. The predicted molar refractivity (Wildman–Crippen MR) is 54.5 cm³/mol. The lowest BCUT2D eigenvalue weighted by atomic mass is 10.8. The van der Waals surface area contributed by atoms with Gasteiger partial charge < -0.3 is 4.74 Å². The first-order valence-corrected chi connectivity index (χ1v) is 5.38. The zero-order valence-corrected chi connectivity index (χ0v) is 8.72. The summed E-state index contributed by atoms with van der Waals surface area (Å²) in [5.74, 6) is 0. The van der Waals surface area contributed by atoms with Crippen LogP contribution in [0.1, 0.15) is 0 Å². The third-order valence-electron chi connectivity index (χ3n) is 1.16.